The van der Waals surface area contributed by atoms with Gasteiger partial charge in [0.1, 0.15) is 0 Å². The third kappa shape index (κ3) is 4.38. The molecule has 96 valence electrons. The summed E-state index contributed by atoms with van der Waals surface area (Å²) >= 11 is 0. The first-order valence-electron chi connectivity index (χ1n) is 5.57. The Morgan fingerprint density at radius 3 is 2.53 bits per heavy atom. The molecule has 1 aromatic carbocycles. The van der Waals surface area contributed by atoms with E-state index >= 15 is 0 Å². The zero-order valence-electron chi connectivity index (χ0n) is 10.2. The molecule has 0 amide bonds. The van der Waals surface area contributed by atoms with Crippen LogP contribution in [0, 0.1) is 11.6 Å². The number of hydrogen-bond donors (Lipinski definition) is 2. The molecule has 1 rings (SSSR count). The van der Waals surface area contributed by atoms with Gasteiger partial charge in [0.05, 0.1) is 0 Å². The van der Waals surface area contributed by atoms with Gasteiger partial charge in [0.25, 0.3) is 0 Å². The van der Waals surface area contributed by atoms with E-state index in [4.69, 9.17) is 5.73 Å². The SMILES string of the molecule is CN(C)CCNC(CN)c1ccc(F)c(F)c1. The lowest BCUT2D eigenvalue weighted by Gasteiger charge is -2.19. The van der Waals surface area contributed by atoms with Gasteiger partial charge >= 0.3 is 0 Å². The van der Waals surface area contributed by atoms with E-state index in [-0.39, 0.29) is 6.04 Å². The molecule has 0 aliphatic rings. The lowest BCUT2D eigenvalue weighted by Crippen LogP contribution is -2.33. The van der Waals surface area contributed by atoms with E-state index in [1.165, 1.54) is 6.07 Å². The van der Waals surface area contributed by atoms with Crippen LogP contribution in [-0.4, -0.2) is 38.6 Å². The molecule has 0 fully saturated rings. The first-order chi connectivity index (χ1) is 8.04. The van der Waals surface area contributed by atoms with Crippen LogP contribution in [0.5, 0.6) is 0 Å². The Morgan fingerprint density at radius 2 is 2.00 bits per heavy atom. The van der Waals surface area contributed by atoms with Crippen molar-refractivity contribution in [1.82, 2.24) is 10.2 Å². The summed E-state index contributed by atoms with van der Waals surface area (Å²) in [5.74, 6) is -1.67. The monoisotopic (exact) mass is 243 g/mol. The summed E-state index contributed by atoms with van der Waals surface area (Å²) in [7, 11) is 3.94. The number of likely N-dealkylation sites (N-methyl/N-ethyl adjacent to an activating group) is 1. The number of benzene rings is 1. The highest BCUT2D eigenvalue weighted by Gasteiger charge is 2.11. The molecule has 0 bridgehead atoms. The van der Waals surface area contributed by atoms with Crippen molar-refractivity contribution < 1.29 is 8.78 Å². The average Bonchev–Trinajstić information content (AvgIpc) is 2.28. The second-order valence-electron chi connectivity index (χ2n) is 4.22. The van der Waals surface area contributed by atoms with Gasteiger partial charge in [-0.05, 0) is 31.8 Å². The number of halogens is 2. The van der Waals surface area contributed by atoms with Crippen molar-refractivity contribution in [3.8, 4) is 0 Å². The van der Waals surface area contributed by atoms with Crippen LogP contribution < -0.4 is 11.1 Å². The van der Waals surface area contributed by atoms with Crippen molar-refractivity contribution >= 4 is 0 Å². The highest BCUT2D eigenvalue weighted by molar-refractivity contribution is 5.21. The smallest absolute Gasteiger partial charge is 0.159 e. The zero-order chi connectivity index (χ0) is 12.8. The molecule has 1 unspecified atom stereocenters. The van der Waals surface area contributed by atoms with Gasteiger partial charge in [0, 0.05) is 25.7 Å². The first kappa shape index (κ1) is 14.0. The molecular weight excluding hydrogens is 224 g/mol. The first-order valence-corrected chi connectivity index (χ1v) is 5.57. The predicted molar refractivity (Wildman–Crippen MR) is 64.7 cm³/mol. The Morgan fingerprint density at radius 1 is 1.29 bits per heavy atom. The third-order valence-corrected chi connectivity index (χ3v) is 2.53. The molecule has 3 nitrogen and oxygen atoms in total. The highest BCUT2D eigenvalue weighted by atomic mass is 19.2. The lowest BCUT2D eigenvalue weighted by atomic mass is 10.1. The minimum atomic E-state index is -0.838. The molecule has 0 radical (unpaired) electrons. The molecule has 1 atom stereocenters. The molecule has 0 saturated carbocycles. The van der Waals surface area contributed by atoms with Crippen LogP contribution in [0.2, 0.25) is 0 Å². The Labute approximate surface area is 101 Å². The number of nitrogens with zero attached hydrogens (tertiary/aromatic N) is 1. The summed E-state index contributed by atoms with van der Waals surface area (Å²) in [5.41, 5.74) is 6.29. The maximum atomic E-state index is 13.1. The Bertz CT molecular complexity index is 356. The lowest BCUT2D eigenvalue weighted by molar-refractivity contribution is 0.385. The summed E-state index contributed by atoms with van der Waals surface area (Å²) < 4.78 is 25.9. The van der Waals surface area contributed by atoms with Crippen LogP contribution in [0.25, 0.3) is 0 Å². The van der Waals surface area contributed by atoms with Crippen molar-refractivity contribution in [2.75, 3.05) is 33.7 Å². The van der Waals surface area contributed by atoms with Gasteiger partial charge in [-0.25, -0.2) is 8.78 Å². The Kier molecular flexibility index (Phi) is 5.47. The maximum Gasteiger partial charge on any atom is 0.159 e. The van der Waals surface area contributed by atoms with E-state index in [0.29, 0.717) is 12.1 Å². The van der Waals surface area contributed by atoms with Crippen LogP contribution in [0.1, 0.15) is 11.6 Å². The van der Waals surface area contributed by atoms with Crippen molar-refractivity contribution in [3.63, 3.8) is 0 Å². The summed E-state index contributed by atoms with van der Waals surface area (Å²) in [6, 6.07) is 3.72. The minimum Gasteiger partial charge on any atom is -0.329 e. The zero-order valence-corrected chi connectivity index (χ0v) is 10.2. The third-order valence-electron chi connectivity index (χ3n) is 2.53. The van der Waals surface area contributed by atoms with Gasteiger partial charge in [0.15, 0.2) is 11.6 Å². The fourth-order valence-corrected chi connectivity index (χ4v) is 1.53. The molecule has 3 N–H and O–H groups in total. The van der Waals surface area contributed by atoms with Crippen LogP contribution in [0.3, 0.4) is 0 Å². The van der Waals surface area contributed by atoms with Gasteiger partial charge < -0.3 is 16.0 Å². The maximum absolute atomic E-state index is 13.1. The quantitative estimate of drug-likeness (QED) is 0.786. The molecule has 0 aromatic heterocycles. The van der Waals surface area contributed by atoms with Gasteiger partial charge in [-0.15, -0.1) is 0 Å². The largest absolute Gasteiger partial charge is 0.329 e. The van der Waals surface area contributed by atoms with E-state index < -0.39 is 11.6 Å². The van der Waals surface area contributed by atoms with Crippen molar-refractivity contribution in [3.05, 3.63) is 35.4 Å². The fraction of sp³-hybridized carbons (Fsp3) is 0.500. The van der Waals surface area contributed by atoms with Crippen molar-refractivity contribution in [2.24, 2.45) is 5.73 Å². The highest BCUT2D eigenvalue weighted by Crippen LogP contribution is 2.15. The summed E-state index contributed by atoms with van der Waals surface area (Å²) in [6.07, 6.45) is 0. The summed E-state index contributed by atoms with van der Waals surface area (Å²) in [4.78, 5) is 2.03. The molecule has 1 aromatic rings. The normalized spacial score (nSPS) is 13.1. The Balaban J connectivity index is 2.62. The van der Waals surface area contributed by atoms with Crippen LogP contribution in [-0.2, 0) is 0 Å². The van der Waals surface area contributed by atoms with Gasteiger partial charge in [-0.2, -0.15) is 0 Å². The molecule has 0 spiro atoms. The van der Waals surface area contributed by atoms with Crippen molar-refractivity contribution in [1.29, 1.82) is 0 Å². The number of nitrogens with two attached hydrogens (primary N) is 1. The molecule has 0 aliphatic heterocycles. The standard InChI is InChI=1S/C12H19F2N3/c1-17(2)6-5-16-12(8-15)9-3-4-10(13)11(14)7-9/h3-4,7,12,16H,5-6,8,15H2,1-2H3. The molecule has 5 heteroatoms. The van der Waals surface area contributed by atoms with E-state index in [1.54, 1.807) is 6.07 Å². The van der Waals surface area contributed by atoms with E-state index in [1.807, 2.05) is 19.0 Å². The second kappa shape index (κ2) is 6.64. The summed E-state index contributed by atoms with van der Waals surface area (Å²) in [5, 5.41) is 3.21. The van der Waals surface area contributed by atoms with Gasteiger partial charge in [-0.1, -0.05) is 6.07 Å². The second-order valence-corrected chi connectivity index (χ2v) is 4.22. The number of nitrogens with one attached hydrogen (secondary N) is 1. The topological polar surface area (TPSA) is 41.3 Å². The minimum absolute atomic E-state index is 0.148. The number of rotatable bonds is 6. The van der Waals surface area contributed by atoms with Crippen molar-refractivity contribution in [2.45, 2.75) is 6.04 Å². The molecular formula is C12H19F2N3. The Hall–Kier alpha value is -1.04. The number of hydrogen-bond acceptors (Lipinski definition) is 3. The van der Waals surface area contributed by atoms with Gasteiger partial charge in [0.2, 0.25) is 0 Å². The predicted octanol–water partition coefficient (Wildman–Crippen LogP) is 1.12. The van der Waals surface area contributed by atoms with Crippen LogP contribution >= 0.6 is 0 Å². The van der Waals surface area contributed by atoms with Crippen LogP contribution in [0.15, 0.2) is 18.2 Å². The molecule has 0 saturated heterocycles. The molecule has 17 heavy (non-hydrogen) atoms. The fourth-order valence-electron chi connectivity index (χ4n) is 1.53. The molecule has 0 aliphatic carbocycles. The van der Waals surface area contributed by atoms with E-state index in [2.05, 4.69) is 5.32 Å². The molecule has 0 heterocycles. The van der Waals surface area contributed by atoms with Gasteiger partial charge in [-0.3, -0.25) is 0 Å². The van der Waals surface area contributed by atoms with E-state index in [9.17, 15) is 8.78 Å². The summed E-state index contributed by atoms with van der Waals surface area (Å²) in [6.45, 7) is 1.95. The van der Waals surface area contributed by atoms with E-state index in [0.717, 1.165) is 19.2 Å². The van der Waals surface area contributed by atoms with Crippen LogP contribution in [0.4, 0.5) is 8.78 Å². The average molecular weight is 243 g/mol.